The lowest BCUT2D eigenvalue weighted by Crippen LogP contribution is -2.58. The van der Waals surface area contributed by atoms with Gasteiger partial charge >= 0.3 is 0 Å². The predicted octanol–water partition coefficient (Wildman–Crippen LogP) is 0.779. The van der Waals surface area contributed by atoms with Crippen molar-refractivity contribution in [3.8, 4) is 0 Å². The lowest BCUT2D eigenvalue weighted by Gasteiger charge is -2.49. The summed E-state index contributed by atoms with van der Waals surface area (Å²) in [5.41, 5.74) is 0.854. The second-order valence-corrected chi connectivity index (χ2v) is 6.91. The van der Waals surface area contributed by atoms with Crippen LogP contribution in [0, 0.1) is 11.8 Å². The van der Waals surface area contributed by atoms with E-state index in [1.807, 2.05) is 17.9 Å². The van der Waals surface area contributed by atoms with Crippen LogP contribution in [0.5, 0.6) is 0 Å². The van der Waals surface area contributed by atoms with Crippen molar-refractivity contribution in [2.24, 2.45) is 11.8 Å². The summed E-state index contributed by atoms with van der Waals surface area (Å²) >= 11 is 0. The SMILES string of the molecule is C=CCN(C)C(=O)[C@@H]1CN2CC[C@@H]1C[C@@H]2Cn1cc(COC)nn1. The maximum atomic E-state index is 12.6. The second kappa shape index (κ2) is 7.44. The number of carbonyl (C=O) groups excluding carboxylic acids is 1. The summed E-state index contributed by atoms with van der Waals surface area (Å²) in [5, 5.41) is 8.31. The topological polar surface area (TPSA) is 63.5 Å². The van der Waals surface area contributed by atoms with Crippen molar-refractivity contribution in [1.82, 2.24) is 24.8 Å². The zero-order chi connectivity index (χ0) is 17.1. The molecule has 3 fully saturated rings. The van der Waals surface area contributed by atoms with Gasteiger partial charge < -0.3 is 9.64 Å². The number of piperidine rings is 3. The first-order valence-electron chi connectivity index (χ1n) is 8.60. The molecule has 3 saturated heterocycles. The van der Waals surface area contributed by atoms with E-state index in [-0.39, 0.29) is 11.8 Å². The van der Waals surface area contributed by atoms with Gasteiger partial charge in [0.05, 0.1) is 25.3 Å². The van der Waals surface area contributed by atoms with Gasteiger partial charge in [0.1, 0.15) is 5.69 Å². The first-order valence-corrected chi connectivity index (χ1v) is 8.60. The molecule has 4 heterocycles. The van der Waals surface area contributed by atoms with Gasteiger partial charge in [-0.05, 0) is 25.3 Å². The van der Waals surface area contributed by atoms with Gasteiger partial charge in [-0.2, -0.15) is 0 Å². The number of hydrogen-bond donors (Lipinski definition) is 0. The van der Waals surface area contributed by atoms with Crippen molar-refractivity contribution < 1.29 is 9.53 Å². The Labute approximate surface area is 143 Å². The minimum Gasteiger partial charge on any atom is -0.378 e. The number of hydrogen-bond acceptors (Lipinski definition) is 5. The predicted molar refractivity (Wildman–Crippen MR) is 90.1 cm³/mol. The number of aromatic nitrogens is 3. The number of rotatable bonds is 7. The summed E-state index contributed by atoms with van der Waals surface area (Å²) in [6, 6.07) is 0.439. The number of amides is 1. The van der Waals surface area contributed by atoms with E-state index in [1.165, 1.54) is 0 Å². The number of likely N-dealkylation sites (N-methyl/N-ethyl adjacent to an activating group) is 1. The number of fused-ring (bicyclic) bond motifs is 3. The van der Waals surface area contributed by atoms with Gasteiger partial charge in [-0.15, -0.1) is 11.7 Å². The first kappa shape index (κ1) is 17.1. The molecule has 1 aromatic heterocycles. The van der Waals surface area contributed by atoms with Crippen LogP contribution in [0.1, 0.15) is 18.5 Å². The fraction of sp³-hybridized carbons (Fsp3) is 0.706. The van der Waals surface area contributed by atoms with Crippen molar-refractivity contribution in [2.45, 2.75) is 32.0 Å². The molecule has 1 unspecified atom stereocenters. The lowest BCUT2D eigenvalue weighted by molar-refractivity contribution is -0.142. The molecule has 0 aromatic carbocycles. The van der Waals surface area contributed by atoms with Crippen molar-refractivity contribution in [3.63, 3.8) is 0 Å². The normalized spacial score (nSPS) is 28.8. The van der Waals surface area contributed by atoms with Crippen molar-refractivity contribution >= 4 is 5.91 Å². The zero-order valence-corrected chi connectivity index (χ0v) is 14.6. The molecule has 2 bridgehead atoms. The quantitative estimate of drug-likeness (QED) is 0.690. The van der Waals surface area contributed by atoms with Crippen LogP contribution in [0.15, 0.2) is 18.9 Å². The molecule has 0 aliphatic carbocycles. The zero-order valence-electron chi connectivity index (χ0n) is 14.6. The fourth-order valence-corrected chi connectivity index (χ4v) is 4.03. The molecule has 1 amide bonds. The van der Waals surface area contributed by atoms with Gasteiger partial charge in [-0.3, -0.25) is 14.4 Å². The summed E-state index contributed by atoms with van der Waals surface area (Å²) in [5.74, 6) is 0.854. The molecule has 132 valence electrons. The summed E-state index contributed by atoms with van der Waals surface area (Å²) in [6.07, 6.45) is 5.90. The Balaban J connectivity index is 1.60. The van der Waals surface area contributed by atoms with E-state index in [0.717, 1.165) is 38.2 Å². The molecule has 0 radical (unpaired) electrons. The number of nitrogens with zero attached hydrogens (tertiary/aromatic N) is 5. The molecular formula is C17H27N5O2. The van der Waals surface area contributed by atoms with Crippen LogP contribution in [0.2, 0.25) is 0 Å². The highest BCUT2D eigenvalue weighted by atomic mass is 16.5. The molecule has 1 aromatic rings. The fourth-order valence-electron chi connectivity index (χ4n) is 4.03. The Morgan fingerprint density at radius 1 is 1.58 bits per heavy atom. The summed E-state index contributed by atoms with van der Waals surface area (Å²) in [7, 11) is 3.52. The Bertz CT molecular complexity index is 587. The van der Waals surface area contributed by atoms with E-state index in [1.54, 1.807) is 18.1 Å². The van der Waals surface area contributed by atoms with Crippen molar-refractivity contribution in [3.05, 3.63) is 24.5 Å². The van der Waals surface area contributed by atoms with Gasteiger partial charge in [0.2, 0.25) is 5.91 Å². The van der Waals surface area contributed by atoms with Crippen LogP contribution < -0.4 is 0 Å². The number of carbonyl (C=O) groups is 1. The van der Waals surface area contributed by atoms with Crippen LogP contribution in [0.3, 0.4) is 0 Å². The van der Waals surface area contributed by atoms with Crippen LogP contribution in [-0.2, 0) is 22.7 Å². The van der Waals surface area contributed by atoms with E-state index in [0.29, 0.717) is 25.1 Å². The van der Waals surface area contributed by atoms with Crippen LogP contribution in [0.25, 0.3) is 0 Å². The minimum absolute atomic E-state index is 0.125. The summed E-state index contributed by atoms with van der Waals surface area (Å²) in [6.45, 7) is 7.59. The smallest absolute Gasteiger partial charge is 0.227 e. The summed E-state index contributed by atoms with van der Waals surface area (Å²) < 4.78 is 6.99. The van der Waals surface area contributed by atoms with Gasteiger partial charge in [0, 0.05) is 33.3 Å². The maximum Gasteiger partial charge on any atom is 0.227 e. The molecule has 24 heavy (non-hydrogen) atoms. The van der Waals surface area contributed by atoms with E-state index >= 15 is 0 Å². The molecule has 0 saturated carbocycles. The highest BCUT2D eigenvalue weighted by Crippen LogP contribution is 2.37. The van der Waals surface area contributed by atoms with E-state index in [2.05, 4.69) is 21.8 Å². The van der Waals surface area contributed by atoms with Crippen molar-refractivity contribution in [2.75, 3.05) is 33.8 Å². The third-order valence-electron chi connectivity index (χ3n) is 5.25. The molecular weight excluding hydrogens is 306 g/mol. The van der Waals surface area contributed by atoms with E-state index < -0.39 is 0 Å². The second-order valence-electron chi connectivity index (χ2n) is 6.91. The third kappa shape index (κ3) is 3.52. The average molecular weight is 333 g/mol. The third-order valence-corrected chi connectivity index (χ3v) is 5.25. The van der Waals surface area contributed by atoms with E-state index in [4.69, 9.17) is 4.74 Å². The highest BCUT2D eigenvalue weighted by Gasteiger charge is 2.43. The van der Waals surface area contributed by atoms with Crippen LogP contribution in [-0.4, -0.2) is 70.5 Å². The highest BCUT2D eigenvalue weighted by molar-refractivity contribution is 5.79. The van der Waals surface area contributed by atoms with Gasteiger partial charge in [-0.1, -0.05) is 11.3 Å². The molecule has 4 rings (SSSR count). The molecule has 0 spiro atoms. The van der Waals surface area contributed by atoms with Crippen molar-refractivity contribution in [1.29, 1.82) is 0 Å². The largest absolute Gasteiger partial charge is 0.378 e. The van der Waals surface area contributed by atoms with Gasteiger partial charge in [0.25, 0.3) is 0 Å². The maximum absolute atomic E-state index is 12.6. The first-order chi connectivity index (χ1) is 11.6. The van der Waals surface area contributed by atoms with Gasteiger partial charge in [0.15, 0.2) is 0 Å². The molecule has 4 atom stereocenters. The van der Waals surface area contributed by atoms with Crippen LogP contribution in [0.4, 0.5) is 0 Å². The number of methoxy groups -OCH3 is 1. The molecule has 0 N–H and O–H groups in total. The van der Waals surface area contributed by atoms with Crippen LogP contribution >= 0.6 is 0 Å². The van der Waals surface area contributed by atoms with Gasteiger partial charge in [-0.25, -0.2) is 0 Å². The Kier molecular flexibility index (Phi) is 5.30. The monoisotopic (exact) mass is 333 g/mol. The van der Waals surface area contributed by atoms with E-state index in [9.17, 15) is 4.79 Å². The Morgan fingerprint density at radius 3 is 3.08 bits per heavy atom. The Morgan fingerprint density at radius 2 is 2.42 bits per heavy atom. The minimum atomic E-state index is 0.125. The Hall–Kier alpha value is -1.73. The lowest BCUT2D eigenvalue weighted by atomic mass is 9.75. The molecule has 3 aliphatic heterocycles. The number of ether oxygens (including phenoxy) is 1. The standard InChI is InChI=1S/C17H27N5O2/c1-4-6-20(2)17(23)16-11-21-7-5-13(16)8-15(21)10-22-9-14(12-24-3)18-19-22/h4,9,13,15-16H,1,5-8,10-12H2,2-3H3/t13-,15-,16-/m1/s1. The summed E-state index contributed by atoms with van der Waals surface area (Å²) in [4.78, 5) is 16.9. The average Bonchev–Trinajstić information content (AvgIpc) is 3.02. The molecule has 7 nitrogen and oxygen atoms in total. The molecule has 3 aliphatic rings. The molecule has 7 heteroatoms.